The zero-order chi connectivity index (χ0) is 67.5. The summed E-state index contributed by atoms with van der Waals surface area (Å²) < 4.78 is 34.3. The Morgan fingerprint density at radius 1 is 0.398 bits per heavy atom. The molecule has 0 bridgehead atoms. The van der Waals surface area contributed by atoms with Crippen molar-refractivity contribution >= 4 is 5.91 Å². The number of rotatable bonds is 54. The molecule has 0 aliphatic carbocycles. The average molecular weight is 1320 g/mol. The minimum atomic E-state index is -1.99. The van der Waals surface area contributed by atoms with Gasteiger partial charge in [-0.25, -0.2) is 0 Å². The molecular weight excluding hydrogens is 1190 g/mol. The van der Waals surface area contributed by atoms with Crippen LogP contribution in [0, 0.1) is 0 Å². The average Bonchev–Trinajstić information content (AvgIpc) is 0.814. The SMILES string of the molecule is CC/C=C\C/C=C\C/C=C\C/C=C\C/C=C\C/C=C\CCCCCCC(=O)NC(COC1OC(CO)C(OC2OC(CO)C(OC3OC(CO)C(O)C(O)C3O)C(O)C2O)C(O)C1O)C(O)/C=C/CC/C=C/CCCCCCCCCCCCCCCCCCCCC. The van der Waals surface area contributed by atoms with E-state index in [1.165, 1.54) is 116 Å². The van der Waals surface area contributed by atoms with Crippen molar-refractivity contribution in [3.8, 4) is 0 Å². The van der Waals surface area contributed by atoms with Crippen molar-refractivity contribution in [2.24, 2.45) is 0 Å². The maximum Gasteiger partial charge on any atom is 0.220 e. The lowest BCUT2D eigenvalue weighted by atomic mass is 9.96. The molecule has 536 valence electrons. The van der Waals surface area contributed by atoms with E-state index < -0.39 is 124 Å². The van der Waals surface area contributed by atoms with Crippen LogP contribution >= 0.6 is 0 Å². The van der Waals surface area contributed by atoms with E-state index in [0.717, 1.165) is 83.5 Å². The van der Waals surface area contributed by atoms with Gasteiger partial charge >= 0.3 is 0 Å². The fourth-order valence-electron chi connectivity index (χ4n) is 11.6. The number of allylic oxidation sites excluding steroid dienone is 15. The number of ether oxygens (including phenoxy) is 6. The maximum atomic E-state index is 13.4. The molecule has 0 saturated carbocycles. The molecule has 1 amide bonds. The van der Waals surface area contributed by atoms with Crippen molar-refractivity contribution in [2.45, 2.75) is 336 Å². The molecule has 19 heteroatoms. The molecule has 3 aliphatic rings. The minimum Gasteiger partial charge on any atom is -0.394 e. The number of aliphatic hydroxyl groups excluding tert-OH is 11. The zero-order valence-corrected chi connectivity index (χ0v) is 56.7. The molecule has 19 nitrogen and oxygen atoms in total. The Morgan fingerprint density at radius 3 is 1.20 bits per heavy atom. The quantitative estimate of drug-likeness (QED) is 0.0199. The van der Waals surface area contributed by atoms with Crippen molar-refractivity contribution in [1.82, 2.24) is 5.32 Å². The van der Waals surface area contributed by atoms with Gasteiger partial charge in [0.05, 0.1) is 38.6 Å². The summed E-state index contributed by atoms with van der Waals surface area (Å²) in [5.74, 6) is -0.312. The molecular formula is C74H127NO18. The van der Waals surface area contributed by atoms with Gasteiger partial charge in [-0.15, -0.1) is 0 Å². The third kappa shape index (κ3) is 36.2. The number of unbranched alkanes of at least 4 members (excludes halogenated alkanes) is 24. The lowest BCUT2D eigenvalue weighted by Crippen LogP contribution is -2.66. The lowest BCUT2D eigenvalue weighted by molar-refractivity contribution is -0.379. The maximum absolute atomic E-state index is 13.4. The second kappa shape index (κ2) is 54.7. The van der Waals surface area contributed by atoms with Gasteiger partial charge in [-0.05, 0) is 83.5 Å². The second-order valence-corrected chi connectivity index (χ2v) is 25.3. The van der Waals surface area contributed by atoms with Gasteiger partial charge < -0.3 is 89.9 Å². The predicted molar refractivity (Wildman–Crippen MR) is 364 cm³/mol. The lowest BCUT2D eigenvalue weighted by Gasteiger charge is -2.48. The first-order valence-electron chi connectivity index (χ1n) is 36.0. The van der Waals surface area contributed by atoms with E-state index in [0.29, 0.717) is 12.8 Å². The molecule has 12 N–H and O–H groups in total. The van der Waals surface area contributed by atoms with Crippen LogP contribution in [-0.2, 0) is 33.2 Å². The Kier molecular flexibility index (Phi) is 49.4. The van der Waals surface area contributed by atoms with Crippen LogP contribution in [0.25, 0.3) is 0 Å². The number of carbonyl (C=O) groups is 1. The molecule has 3 rings (SSSR count). The predicted octanol–water partition coefficient (Wildman–Crippen LogP) is 10.0. The largest absolute Gasteiger partial charge is 0.394 e. The van der Waals surface area contributed by atoms with Gasteiger partial charge in [-0.2, -0.15) is 0 Å². The Labute approximate surface area is 558 Å². The van der Waals surface area contributed by atoms with Crippen molar-refractivity contribution in [3.05, 3.63) is 97.2 Å². The van der Waals surface area contributed by atoms with E-state index in [-0.39, 0.29) is 18.9 Å². The van der Waals surface area contributed by atoms with Gasteiger partial charge in [0, 0.05) is 6.42 Å². The van der Waals surface area contributed by atoms with Crippen molar-refractivity contribution in [2.75, 3.05) is 26.4 Å². The van der Waals surface area contributed by atoms with E-state index >= 15 is 0 Å². The van der Waals surface area contributed by atoms with Crippen LogP contribution in [0.2, 0.25) is 0 Å². The number of carbonyl (C=O) groups excluding carboxylic acids is 1. The number of aliphatic hydroxyl groups is 11. The van der Waals surface area contributed by atoms with Gasteiger partial charge in [0.25, 0.3) is 0 Å². The molecule has 0 spiro atoms. The minimum absolute atomic E-state index is 0.200. The first kappa shape index (κ1) is 83.9. The summed E-state index contributed by atoms with van der Waals surface area (Å²) in [6, 6.07) is -1.01. The van der Waals surface area contributed by atoms with Crippen molar-refractivity contribution < 1.29 is 89.4 Å². The smallest absolute Gasteiger partial charge is 0.220 e. The Morgan fingerprint density at radius 2 is 0.753 bits per heavy atom. The van der Waals surface area contributed by atoms with Crippen LogP contribution in [0.5, 0.6) is 0 Å². The highest BCUT2D eigenvalue weighted by Crippen LogP contribution is 2.33. The standard InChI is InChI=1S/C74H127NO18/c1-3-5-7-9-11-13-15-17-19-21-23-25-27-28-30-31-33-35-37-39-41-43-45-47-49-51-58(79)57(75-62(80)52-50-48-46-44-42-40-38-36-34-32-29-26-24-22-20-18-16-14-12-10-8-6-4-2)56-88-72-68(86)65(83)70(60(54-77)90-72)93-74-69(87)66(84)71(61(55-78)91-74)92-73-67(85)64(82)63(81)59(53-76)89-73/h6,8,12,14,18,20,24,26,32,34,38,40-41,43,49,51,57-61,63-74,76-79,81-87H,3-5,7,9-11,13,15-17,19,21-23,25,27-31,33,35-37,39,42,44-48,50,52-56H2,1-2H3,(H,75,80)/b8-6-,14-12-,20-18-,26-24-,34-32-,40-38-,43-41+,51-49+. The third-order valence-electron chi connectivity index (χ3n) is 17.4. The Bertz CT molecular complexity index is 2060. The van der Waals surface area contributed by atoms with E-state index in [2.05, 4.69) is 104 Å². The monoisotopic (exact) mass is 1320 g/mol. The number of hydrogen-bond acceptors (Lipinski definition) is 18. The van der Waals surface area contributed by atoms with Crippen LogP contribution in [0.4, 0.5) is 0 Å². The van der Waals surface area contributed by atoms with Crippen molar-refractivity contribution in [1.29, 1.82) is 0 Å². The summed E-state index contributed by atoms with van der Waals surface area (Å²) in [4.78, 5) is 13.4. The highest BCUT2D eigenvalue weighted by atomic mass is 16.8. The summed E-state index contributed by atoms with van der Waals surface area (Å²) in [6.07, 6.45) is 45.2. The third-order valence-corrected chi connectivity index (χ3v) is 17.4. The summed E-state index contributed by atoms with van der Waals surface area (Å²) in [5, 5.41) is 121. The van der Waals surface area contributed by atoms with Crippen molar-refractivity contribution in [3.63, 3.8) is 0 Å². The number of nitrogens with one attached hydrogen (secondary N) is 1. The van der Waals surface area contributed by atoms with Gasteiger partial charge in [0.2, 0.25) is 5.91 Å². The fraction of sp³-hybridized carbons (Fsp3) is 0.770. The molecule has 0 aromatic carbocycles. The summed E-state index contributed by atoms with van der Waals surface area (Å²) >= 11 is 0. The summed E-state index contributed by atoms with van der Waals surface area (Å²) in [6.45, 7) is 1.58. The van der Waals surface area contributed by atoms with Gasteiger partial charge in [0.1, 0.15) is 73.2 Å². The van der Waals surface area contributed by atoms with Crippen LogP contribution in [0.15, 0.2) is 97.2 Å². The molecule has 17 unspecified atom stereocenters. The van der Waals surface area contributed by atoms with E-state index in [1.54, 1.807) is 6.08 Å². The Hall–Kier alpha value is -3.29. The molecule has 0 aromatic heterocycles. The zero-order valence-electron chi connectivity index (χ0n) is 56.7. The Balaban J connectivity index is 1.46. The number of hydrogen-bond donors (Lipinski definition) is 12. The topological polar surface area (TPSA) is 307 Å². The molecule has 3 heterocycles. The summed E-state index contributed by atoms with van der Waals surface area (Å²) in [7, 11) is 0. The molecule has 3 saturated heterocycles. The highest BCUT2D eigenvalue weighted by Gasteiger charge is 2.53. The molecule has 3 fully saturated rings. The molecule has 0 radical (unpaired) electrons. The normalized spacial score (nSPS) is 28.1. The van der Waals surface area contributed by atoms with Crippen LogP contribution < -0.4 is 5.32 Å². The van der Waals surface area contributed by atoms with E-state index in [9.17, 15) is 61.0 Å². The molecule has 93 heavy (non-hydrogen) atoms. The number of amides is 1. The fourth-order valence-corrected chi connectivity index (χ4v) is 11.6. The highest BCUT2D eigenvalue weighted by molar-refractivity contribution is 5.76. The van der Waals surface area contributed by atoms with Gasteiger partial charge in [-0.1, -0.05) is 239 Å². The van der Waals surface area contributed by atoms with Gasteiger partial charge in [-0.3, -0.25) is 4.79 Å². The van der Waals surface area contributed by atoms with Crippen LogP contribution in [0.1, 0.15) is 232 Å². The molecule has 17 atom stereocenters. The first-order valence-corrected chi connectivity index (χ1v) is 36.0. The van der Waals surface area contributed by atoms with Gasteiger partial charge in [0.15, 0.2) is 18.9 Å². The van der Waals surface area contributed by atoms with E-state index in [1.807, 2.05) is 6.08 Å². The molecule has 0 aromatic rings. The summed E-state index contributed by atoms with van der Waals surface area (Å²) in [5.41, 5.74) is 0. The second-order valence-electron chi connectivity index (χ2n) is 25.3. The van der Waals surface area contributed by atoms with Crippen LogP contribution in [-0.4, -0.2) is 193 Å². The van der Waals surface area contributed by atoms with E-state index in [4.69, 9.17) is 28.4 Å². The first-order chi connectivity index (χ1) is 45.3. The van der Waals surface area contributed by atoms with Crippen LogP contribution in [0.3, 0.4) is 0 Å². The molecule has 3 aliphatic heterocycles.